The van der Waals surface area contributed by atoms with Gasteiger partial charge in [-0.1, -0.05) is 78.9 Å². The van der Waals surface area contributed by atoms with Gasteiger partial charge in [-0.3, -0.25) is 4.79 Å². The Morgan fingerprint density at radius 2 is 1.49 bits per heavy atom. The first-order valence-electron chi connectivity index (χ1n) is 13.8. The maximum atomic E-state index is 12.6. The van der Waals surface area contributed by atoms with E-state index in [1.165, 1.54) is 0 Å². The van der Waals surface area contributed by atoms with Crippen LogP contribution in [0.5, 0.6) is 17.2 Å². The van der Waals surface area contributed by atoms with E-state index in [2.05, 4.69) is 42.4 Å². The van der Waals surface area contributed by atoms with Crippen molar-refractivity contribution in [2.45, 2.75) is 26.6 Å². The Hall–Kier alpha value is -4.14. The van der Waals surface area contributed by atoms with E-state index in [-0.39, 0.29) is 12.3 Å². The second kappa shape index (κ2) is 14.8. The molecule has 5 aromatic rings. The monoisotopic (exact) mass is 700 g/mol. The molecule has 0 unspecified atom stereocenters. The van der Waals surface area contributed by atoms with Crippen LogP contribution in [0.25, 0.3) is 10.8 Å². The van der Waals surface area contributed by atoms with Gasteiger partial charge in [0.05, 0.1) is 28.2 Å². The zero-order valence-electron chi connectivity index (χ0n) is 23.6. The van der Waals surface area contributed by atoms with Crippen molar-refractivity contribution in [2.24, 2.45) is 5.10 Å². The number of hydrogen-bond acceptors (Lipinski definition) is 5. The smallest absolute Gasteiger partial charge is 0.244 e. The third-order valence-electron chi connectivity index (χ3n) is 6.58. The number of amides is 1. The number of benzene rings is 5. The first-order chi connectivity index (χ1) is 21.0. The Kier molecular flexibility index (Phi) is 10.5. The number of hydrazone groups is 1. The fourth-order valence-corrected chi connectivity index (χ4v) is 6.00. The molecule has 0 atom stereocenters. The van der Waals surface area contributed by atoms with Gasteiger partial charge in [-0.25, -0.2) is 5.43 Å². The summed E-state index contributed by atoms with van der Waals surface area (Å²) in [5.41, 5.74) is 6.40. The van der Waals surface area contributed by atoms with Gasteiger partial charge in [-0.05, 0) is 96.1 Å². The molecule has 6 nitrogen and oxygen atoms in total. The first-order valence-corrected chi connectivity index (χ1v) is 15.4. The van der Waals surface area contributed by atoms with E-state index in [1.807, 2.05) is 110 Å². The van der Waals surface area contributed by atoms with Gasteiger partial charge < -0.3 is 14.2 Å². The van der Waals surface area contributed by atoms with Crippen molar-refractivity contribution in [3.8, 4) is 17.2 Å². The summed E-state index contributed by atoms with van der Waals surface area (Å²) >= 11 is 7.21. The fourth-order valence-electron chi connectivity index (χ4n) is 4.55. The largest absolute Gasteiger partial charge is 0.490 e. The van der Waals surface area contributed by atoms with Crippen LogP contribution in [0.15, 0.2) is 117 Å². The summed E-state index contributed by atoms with van der Waals surface area (Å²) < 4.78 is 19.5. The van der Waals surface area contributed by atoms with Gasteiger partial charge in [0.15, 0.2) is 11.5 Å². The normalized spacial score (nSPS) is 11.0. The van der Waals surface area contributed by atoms with Gasteiger partial charge in [0.2, 0.25) is 5.91 Å². The number of carbonyl (C=O) groups excluding carboxylic acids is 1. The van der Waals surface area contributed by atoms with Crippen LogP contribution in [-0.4, -0.2) is 18.7 Å². The molecule has 218 valence electrons. The number of nitrogens with zero attached hydrogens (tertiary/aromatic N) is 1. The topological polar surface area (TPSA) is 69.2 Å². The molecule has 0 heterocycles. The molecule has 1 N–H and O–H groups in total. The van der Waals surface area contributed by atoms with Crippen LogP contribution >= 0.6 is 31.9 Å². The molecule has 8 heteroatoms. The lowest BCUT2D eigenvalue weighted by atomic mass is 10.0. The lowest BCUT2D eigenvalue weighted by Crippen LogP contribution is -2.19. The second-order valence-electron chi connectivity index (χ2n) is 9.70. The van der Waals surface area contributed by atoms with Crippen molar-refractivity contribution >= 4 is 54.8 Å². The Balaban J connectivity index is 1.18. The van der Waals surface area contributed by atoms with Crippen LogP contribution in [0.1, 0.15) is 29.2 Å². The average molecular weight is 702 g/mol. The zero-order chi connectivity index (χ0) is 30.0. The van der Waals surface area contributed by atoms with Gasteiger partial charge in [0.25, 0.3) is 0 Å². The van der Waals surface area contributed by atoms with E-state index < -0.39 is 0 Å². The molecule has 0 spiro atoms. The van der Waals surface area contributed by atoms with Crippen LogP contribution in [0, 0.1) is 0 Å². The molecule has 0 aromatic heterocycles. The molecule has 0 saturated carbocycles. The molecule has 43 heavy (non-hydrogen) atoms. The minimum absolute atomic E-state index is 0.186. The van der Waals surface area contributed by atoms with Crippen LogP contribution in [0.4, 0.5) is 0 Å². The molecule has 0 aliphatic rings. The van der Waals surface area contributed by atoms with E-state index in [9.17, 15) is 4.79 Å². The second-order valence-corrected chi connectivity index (χ2v) is 11.4. The quantitative estimate of drug-likeness (QED) is 0.105. The third kappa shape index (κ3) is 8.24. The number of hydrogen-bond donors (Lipinski definition) is 1. The summed E-state index contributed by atoms with van der Waals surface area (Å²) in [4.78, 5) is 12.6. The average Bonchev–Trinajstić information content (AvgIpc) is 3.01. The minimum atomic E-state index is -0.186. The van der Waals surface area contributed by atoms with Crippen LogP contribution in [0.3, 0.4) is 0 Å². The molecule has 0 radical (unpaired) electrons. The maximum Gasteiger partial charge on any atom is 0.244 e. The minimum Gasteiger partial charge on any atom is -0.490 e. The Morgan fingerprint density at radius 1 is 0.767 bits per heavy atom. The number of nitrogens with one attached hydrogen (secondary N) is 1. The van der Waals surface area contributed by atoms with Gasteiger partial charge in [0, 0.05) is 0 Å². The highest BCUT2D eigenvalue weighted by Gasteiger charge is 2.12. The molecule has 5 rings (SSSR count). The van der Waals surface area contributed by atoms with E-state index in [0.29, 0.717) is 37.1 Å². The summed E-state index contributed by atoms with van der Waals surface area (Å²) in [6, 6.07) is 33.6. The third-order valence-corrected chi connectivity index (χ3v) is 7.76. The van der Waals surface area contributed by atoms with Crippen molar-refractivity contribution < 1.29 is 19.0 Å². The van der Waals surface area contributed by atoms with Crippen LogP contribution in [-0.2, 0) is 24.4 Å². The Morgan fingerprint density at radius 3 is 2.28 bits per heavy atom. The zero-order valence-corrected chi connectivity index (χ0v) is 26.7. The highest BCUT2D eigenvalue weighted by atomic mass is 79.9. The van der Waals surface area contributed by atoms with Crippen molar-refractivity contribution in [2.75, 3.05) is 6.61 Å². The van der Waals surface area contributed by atoms with Crippen LogP contribution < -0.4 is 19.6 Å². The molecule has 5 aromatic carbocycles. The van der Waals surface area contributed by atoms with Crippen molar-refractivity contribution in [3.05, 3.63) is 134 Å². The lowest BCUT2D eigenvalue weighted by molar-refractivity contribution is -0.120. The highest BCUT2D eigenvalue weighted by Crippen LogP contribution is 2.36. The number of halogens is 2. The lowest BCUT2D eigenvalue weighted by Gasteiger charge is -2.15. The van der Waals surface area contributed by atoms with Gasteiger partial charge in [-0.15, -0.1) is 0 Å². The molecule has 0 aliphatic heterocycles. The molecule has 1 amide bonds. The number of ether oxygens (including phenoxy) is 3. The summed E-state index contributed by atoms with van der Waals surface area (Å²) in [6.07, 6.45) is 1.84. The molecule has 0 fully saturated rings. The Bertz CT molecular complexity index is 1710. The van der Waals surface area contributed by atoms with Crippen molar-refractivity contribution in [3.63, 3.8) is 0 Å². The van der Waals surface area contributed by atoms with E-state index >= 15 is 0 Å². The molecule has 0 saturated heterocycles. The predicted molar refractivity (Wildman–Crippen MR) is 178 cm³/mol. The van der Waals surface area contributed by atoms with E-state index in [4.69, 9.17) is 14.2 Å². The molecule has 0 aliphatic carbocycles. The molecule has 0 bridgehead atoms. The SMILES string of the molecule is CCOc1cc(COc2c(Br)cc(/C=N/NC(=O)Cc3cccc4ccccc34)cc2Br)ccc1OCc1ccccc1. The first kappa shape index (κ1) is 30.3. The van der Waals surface area contributed by atoms with Gasteiger partial charge >= 0.3 is 0 Å². The van der Waals surface area contributed by atoms with Crippen molar-refractivity contribution in [1.82, 2.24) is 5.43 Å². The summed E-state index contributed by atoms with van der Waals surface area (Å²) in [6.45, 7) is 3.25. The maximum absolute atomic E-state index is 12.6. The molecular weight excluding hydrogens is 672 g/mol. The highest BCUT2D eigenvalue weighted by molar-refractivity contribution is 9.11. The number of fused-ring (bicyclic) bond motifs is 1. The predicted octanol–water partition coefficient (Wildman–Crippen LogP) is 8.61. The standard InChI is InChI=1S/C35H30Br2N2O4/c1-2-41-33-19-25(15-16-32(33)42-22-24-9-4-3-5-10-24)23-43-35-30(36)17-26(18-31(35)37)21-38-39-34(40)20-28-13-8-12-27-11-6-7-14-29(27)28/h3-19,21H,2,20,22-23H2,1H3,(H,39,40)/b38-21+. The summed E-state index contributed by atoms with van der Waals surface area (Å²) in [5, 5.41) is 6.33. The summed E-state index contributed by atoms with van der Waals surface area (Å²) in [5.74, 6) is 1.82. The number of carbonyl (C=O) groups is 1. The number of rotatable bonds is 12. The van der Waals surface area contributed by atoms with Crippen LogP contribution in [0.2, 0.25) is 0 Å². The van der Waals surface area contributed by atoms with Crippen molar-refractivity contribution in [1.29, 1.82) is 0 Å². The summed E-state index contributed by atoms with van der Waals surface area (Å²) in [7, 11) is 0. The molecular formula is C35H30Br2N2O4. The van der Waals surface area contributed by atoms with E-state index in [0.717, 1.165) is 42.0 Å². The Labute approximate surface area is 267 Å². The van der Waals surface area contributed by atoms with Gasteiger partial charge in [-0.2, -0.15) is 5.10 Å². The van der Waals surface area contributed by atoms with E-state index in [1.54, 1.807) is 6.21 Å². The fraction of sp³-hybridized carbons (Fsp3) is 0.143. The van der Waals surface area contributed by atoms with Gasteiger partial charge in [0.1, 0.15) is 19.0 Å².